The van der Waals surface area contributed by atoms with E-state index in [2.05, 4.69) is 21.0 Å². The molecule has 6 heteroatoms. The number of benzene rings is 2. The van der Waals surface area contributed by atoms with Gasteiger partial charge in [0, 0.05) is 22.0 Å². The molecule has 1 fully saturated rings. The third-order valence-corrected chi connectivity index (χ3v) is 5.90. The van der Waals surface area contributed by atoms with E-state index in [0.29, 0.717) is 22.9 Å². The van der Waals surface area contributed by atoms with Crippen molar-refractivity contribution in [3.05, 3.63) is 65.9 Å². The number of fused-ring (bicyclic) bond motifs is 1. The third-order valence-electron chi connectivity index (χ3n) is 5.06. The van der Waals surface area contributed by atoms with Crippen LogP contribution in [0.1, 0.15) is 41.4 Å². The number of hydrogen-bond acceptors (Lipinski definition) is 3. The zero-order chi connectivity index (χ0) is 18.8. The number of carbonyl (C=O) groups is 1. The zero-order valence-corrected chi connectivity index (χ0v) is 16.4. The van der Waals surface area contributed by atoms with Crippen molar-refractivity contribution in [2.24, 2.45) is 5.92 Å². The van der Waals surface area contributed by atoms with Crippen molar-refractivity contribution in [2.45, 2.75) is 30.3 Å². The summed E-state index contributed by atoms with van der Waals surface area (Å²) in [6.07, 6.45) is 5.07. The lowest BCUT2D eigenvalue weighted by Gasteiger charge is -2.21. The van der Waals surface area contributed by atoms with Gasteiger partial charge in [-0.25, -0.2) is 9.48 Å². The molecule has 1 aliphatic carbocycles. The molecule has 4 rings (SSSR count). The topological polar surface area (TPSA) is 64.3 Å². The fourth-order valence-electron chi connectivity index (χ4n) is 3.62. The van der Waals surface area contributed by atoms with Gasteiger partial charge in [0.1, 0.15) is 0 Å². The molecule has 0 bridgehead atoms. The fourth-order valence-corrected chi connectivity index (χ4v) is 4.42. The van der Waals surface area contributed by atoms with Crippen molar-refractivity contribution < 1.29 is 14.6 Å². The van der Waals surface area contributed by atoms with Crippen molar-refractivity contribution in [3.8, 4) is 0 Å². The summed E-state index contributed by atoms with van der Waals surface area (Å²) in [4.78, 5) is 11.8. The van der Waals surface area contributed by atoms with Gasteiger partial charge < -0.3 is 9.84 Å². The summed E-state index contributed by atoms with van der Waals surface area (Å²) in [6.45, 7) is 0.679. The molecule has 140 valence electrons. The summed E-state index contributed by atoms with van der Waals surface area (Å²) in [5, 5.41) is 14.7. The number of carboxylic acids is 1. The molecule has 27 heavy (non-hydrogen) atoms. The van der Waals surface area contributed by atoms with Crippen LogP contribution in [-0.2, 0) is 4.74 Å². The average Bonchev–Trinajstić information content (AvgIpc) is 3.28. The number of rotatable bonds is 6. The number of carboxylic acid groups (broad SMARTS) is 1. The number of alkyl halides is 1. The molecule has 1 heterocycles. The van der Waals surface area contributed by atoms with Crippen LogP contribution < -0.4 is 0 Å². The van der Waals surface area contributed by atoms with Gasteiger partial charge in [-0.05, 0) is 37.3 Å². The first-order valence-electron chi connectivity index (χ1n) is 9.13. The molecule has 0 spiro atoms. The van der Waals surface area contributed by atoms with Crippen LogP contribution in [0.2, 0.25) is 0 Å². The zero-order valence-electron chi connectivity index (χ0n) is 14.8. The summed E-state index contributed by atoms with van der Waals surface area (Å²) in [5.41, 5.74) is 1.91. The van der Waals surface area contributed by atoms with Crippen LogP contribution in [-0.4, -0.2) is 32.3 Å². The van der Waals surface area contributed by atoms with Crippen LogP contribution in [0.15, 0.2) is 54.7 Å². The van der Waals surface area contributed by atoms with Crippen molar-refractivity contribution in [1.82, 2.24) is 9.78 Å². The van der Waals surface area contributed by atoms with Gasteiger partial charge in [-0.2, -0.15) is 5.10 Å². The monoisotopic (exact) mass is 428 g/mol. The van der Waals surface area contributed by atoms with Crippen molar-refractivity contribution in [1.29, 1.82) is 0 Å². The van der Waals surface area contributed by atoms with Gasteiger partial charge in [0.2, 0.25) is 0 Å². The van der Waals surface area contributed by atoms with Crippen molar-refractivity contribution in [3.63, 3.8) is 0 Å². The Morgan fingerprint density at radius 2 is 2.07 bits per heavy atom. The molecular formula is C21H21BrN2O3. The first kappa shape index (κ1) is 18.2. The Morgan fingerprint density at radius 3 is 2.78 bits per heavy atom. The number of hydrogen-bond donors (Lipinski definition) is 1. The summed E-state index contributed by atoms with van der Waals surface area (Å²) < 4.78 is 8.11. The Bertz CT molecular complexity index is 941. The maximum Gasteiger partial charge on any atom is 0.335 e. The average molecular weight is 429 g/mol. The van der Waals surface area contributed by atoms with Crippen molar-refractivity contribution >= 4 is 32.8 Å². The molecule has 1 saturated carbocycles. The van der Waals surface area contributed by atoms with E-state index in [9.17, 15) is 9.90 Å². The van der Waals surface area contributed by atoms with E-state index in [1.165, 1.54) is 12.8 Å². The second-order valence-electron chi connectivity index (χ2n) is 7.06. The standard InChI is InChI=1S/C21H21BrN2O3/c22-18-9-6-14(10-18)13-27-20(15-4-2-1-3-5-15)24-12-17-8-7-16(21(25)26)11-19(17)23-24/h1-5,7-8,11-12,14,18,20H,6,9-10,13H2,(H,25,26). The summed E-state index contributed by atoms with van der Waals surface area (Å²) in [7, 11) is 0. The van der Waals surface area contributed by atoms with Crippen LogP contribution in [0, 0.1) is 5.92 Å². The molecule has 3 unspecified atom stereocenters. The highest BCUT2D eigenvalue weighted by Crippen LogP contribution is 2.32. The van der Waals surface area contributed by atoms with Gasteiger partial charge in [0.15, 0.2) is 6.23 Å². The van der Waals surface area contributed by atoms with E-state index in [1.54, 1.807) is 22.9 Å². The third kappa shape index (κ3) is 4.06. The Morgan fingerprint density at radius 1 is 1.26 bits per heavy atom. The van der Waals surface area contributed by atoms with Gasteiger partial charge in [0.25, 0.3) is 0 Å². The van der Waals surface area contributed by atoms with E-state index in [1.807, 2.05) is 36.5 Å². The van der Waals surface area contributed by atoms with Crippen LogP contribution >= 0.6 is 15.9 Å². The molecule has 0 amide bonds. The Hall–Kier alpha value is -2.18. The number of aromatic nitrogens is 2. The normalized spacial score (nSPS) is 20.8. The predicted molar refractivity (Wildman–Crippen MR) is 107 cm³/mol. The van der Waals surface area contributed by atoms with Crippen LogP contribution in [0.3, 0.4) is 0 Å². The van der Waals surface area contributed by atoms with Crippen LogP contribution in [0.5, 0.6) is 0 Å². The Labute approximate surface area is 166 Å². The SMILES string of the molecule is O=C(O)c1ccc2cn(C(OCC3CCC(Br)C3)c3ccccc3)nc2c1. The van der Waals surface area contributed by atoms with E-state index < -0.39 is 5.97 Å². The molecule has 0 radical (unpaired) electrons. The number of halogens is 1. The summed E-state index contributed by atoms with van der Waals surface area (Å²) in [6, 6.07) is 15.0. The molecule has 1 N–H and O–H groups in total. The predicted octanol–water partition coefficient (Wildman–Crippen LogP) is 4.86. The maximum absolute atomic E-state index is 11.2. The second-order valence-corrected chi connectivity index (χ2v) is 8.36. The highest BCUT2D eigenvalue weighted by molar-refractivity contribution is 9.09. The largest absolute Gasteiger partial charge is 0.478 e. The Kier molecular flexibility index (Phi) is 5.27. The molecule has 0 saturated heterocycles. The molecule has 3 atom stereocenters. The lowest BCUT2D eigenvalue weighted by Crippen LogP contribution is -2.18. The number of aromatic carboxylic acids is 1. The van der Waals surface area contributed by atoms with Crippen LogP contribution in [0.25, 0.3) is 10.9 Å². The first-order chi connectivity index (χ1) is 13.1. The first-order valence-corrected chi connectivity index (χ1v) is 10.0. The summed E-state index contributed by atoms with van der Waals surface area (Å²) >= 11 is 3.70. The van der Waals surface area contributed by atoms with Crippen LogP contribution in [0.4, 0.5) is 0 Å². The van der Waals surface area contributed by atoms with E-state index in [-0.39, 0.29) is 11.8 Å². The lowest BCUT2D eigenvalue weighted by atomic mass is 10.1. The molecular weight excluding hydrogens is 408 g/mol. The summed E-state index contributed by atoms with van der Waals surface area (Å²) in [5.74, 6) is -0.406. The number of nitrogens with zero attached hydrogens (tertiary/aromatic N) is 2. The quantitative estimate of drug-likeness (QED) is 0.569. The van der Waals surface area contributed by atoms with E-state index >= 15 is 0 Å². The maximum atomic E-state index is 11.2. The minimum atomic E-state index is -0.951. The highest BCUT2D eigenvalue weighted by atomic mass is 79.9. The minimum Gasteiger partial charge on any atom is -0.478 e. The smallest absolute Gasteiger partial charge is 0.335 e. The molecule has 1 aromatic heterocycles. The molecule has 2 aromatic carbocycles. The Balaban J connectivity index is 1.63. The van der Waals surface area contributed by atoms with Gasteiger partial charge in [-0.3, -0.25) is 0 Å². The molecule has 1 aliphatic rings. The van der Waals surface area contributed by atoms with E-state index in [4.69, 9.17) is 4.74 Å². The fraction of sp³-hybridized carbons (Fsp3) is 0.333. The molecule has 3 aromatic rings. The second kappa shape index (κ2) is 7.82. The van der Waals surface area contributed by atoms with Crippen molar-refractivity contribution in [2.75, 3.05) is 6.61 Å². The van der Waals surface area contributed by atoms with Gasteiger partial charge in [-0.15, -0.1) is 0 Å². The molecule has 0 aliphatic heterocycles. The highest BCUT2D eigenvalue weighted by Gasteiger charge is 2.25. The van der Waals surface area contributed by atoms with Gasteiger partial charge >= 0.3 is 5.97 Å². The van der Waals surface area contributed by atoms with Gasteiger partial charge in [0.05, 0.1) is 17.7 Å². The van der Waals surface area contributed by atoms with Gasteiger partial charge in [-0.1, -0.05) is 52.3 Å². The number of ether oxygens (including phenoxy) is 1. The lowest BCUT2D eigenvalue weighted by molar-refractivity contribution is 0.00413. The molecule has 5 nitrogen and oxygen atoms in total. The van der Waals surface area contributed by atoms with E-state index in [0.717, 1.165) is 17.4 Å². The minimum absolute atomic E-state index is 0.235.